The molecule has 1 saturated heterocycles. The van der Waals surface area contributed by atoms with E-state index >= 15 is 0 Å². The molecule has 0 aliphatic carbocycles. The van der Waals surface area contributed by atoms with Crippen molar-refractivity contribution in [3.8, 4) is 0 Å². The summed E-state index contributed by atoms with van der Waals surface area (Å²) in [5.41, 5.74) is 3.93. The molecule has 138 valence electrons. The van der Waals surface area contributed by atoms with Gasteiger partial charge in [0, 0.05) is 44.7 Å². The summed E-state index contributed by atoms with van der Waals surface area (Å²) < 4.78 is 5.02. The molecule has 0 spiro atoms. The first kappa shape index (κ1) is 16.9. The molecule has 3 amide bonds. The topological polar surface area (TPSA) is 70.2 Å². The van der Waals surface area contributed by atoms with E-state index in [9.17, 15) is 14.4 Å². The highest BCUT2D eigenvalue weighted by atomic mass is 16.6. The van der Waals surface area contributed by atoms with E-state index in [0.29, 0.717) is 51.2 Å². The largest absolute Gasteiger partial charge is 0.450 e. The molecule has 0 bridgehead atoms. The summed E-state index contributed by atoms with van der Waals surface area (Å²) in [5.74, 6) is 0.188. The maximum Gasteiger partial charge on any atom is 0.409 e. The highest BCUT2D eigenvalue weighted by Crippen LogP contribution is 2.37. The van der Waals surface area contributed by atoms with Crippen LogP contribution in [0, 0.1) is 0 Å². The van der Waals surface area contributed by atoms with Crippen LogP contribution in [0.25, 0.3) is 0 Å². The standard InChI is InChI=1S/C19H23N3O4/c1-2-26-19(25)21-9-7-20(8-10-21)18(24)15-11-13-3-4-16(23)22-6-5-14(12-15)17(13)22/h11-12H,2-10H2,1H3. The van der Waals surface area contributed by atoms with Gasteiger partial charge in [-0.25, -0.2) is 4.79 Å². The van der Waals surface area contributed by atoms with Gasteiger partial charge in [0.2, 0.25) is 5.91 Å². The predicted molar refractivity (Wildman–Crippen MR) is 95.3 cm³/mol. The van der Waals surface area contributed by atoms with Gasteiger partial charge < -0.3 is 19.4 Å². The number of carbonyl (C=O) groups excluding carboxylic acids is 3. The first-order chi connectivity index (χ1) is 12.6. The summed E-state index contributed by atoms with van der Waals surface area (Å²) in [6.45, 7) is 4.86. The number of rotatable bonds is 2. The van der Waals surface area contributed by atoms with Crippen LogP contribution in [0.4, 0.5) is 10.5 Å². The van der Waals surface area contributed by atoms with Crippen LogP contribution in [-0.4, -0.2) is 67.0 Å². The minimum Gasteiger partial charge on any atom is -0.450 e. The summed E-state index contributed by atoms with van der Waals surface area (Å²) in [4.78, 5) is 42.1. The fraction of sp³-hybridized carbons (Fsp3) is 0.526. The minimum absolute atomic E-state index is 0.00269. The minimum atomic E-state index is -0.314. The van der Waals surface area contributed by atoms with Crippen LogP contribution in [0.1, 0.15) is 34.8 Å². The number of piperazine rings is 1. The third-order valence-electron chi connectivity index (χ3n) is 5.39. The number of hydrogen-bond acceptors (Lipinski definition) is 4. The maximum absolute atomic E-state index is 12.9. The van der Waals surface area contributed by atoms with Crippen LogP contribution < -0.4 is 4.90 Å². The smallest absolute Gasteiger partial charge is 0.409 e. The Hall–Kier alpha value is -2.57. The summed E-state index contributed by atoms with van der Waals surface area (Å²) in [5, 5.41) is 0. The van der Waals surface area contributed by atoms with Gasteiger partial charge >= 0.3 is 6.09 Å². The van der Waals surface area contributed by atoms with E-state index in [4.69, 9.17) is 4.74 Å². The quantitative estimate of drug-likeness (QED) is 0.803. The first-order valence-electron chi connectivity index (χ1n) is 9.25. The van der Waals surface area contributed by atoms with Gasteiger partial charge in [0.05, 0.1) is 12.3 Å². The highest BCUT2D eigenvalue weighted by Gasteiger charge is 2.33. The Morgan fingerprint density at radius 1 is 0.962 bits per heavy atom. The molecule has 0 N–H and O–H groups in total. The number of anilines is 1. The number of ether oxygens (including phenoxy) is 1. The zero-order chi connectivity index (χ0) is 18.3. The average Bonchev–Trinajstić information content (AvgIpc) is 3.10. The van der Waals surface area contributed by atoms with E-state index in [1.807, 2.05) is 17.0 Å². The SMILES string of the molecule is CCOC(=O)N1CCN(C(=O)c2cc3c4c(c2)CCN4C(=O)CC3)CC1. The Labute approximate surface area is 152 Å². The van der Waals surface area contributed by atoms with Crippen molar-refractivity contribution in [2.45, 2.75) is 26.2 Å². The molecule has 1 aromatic rings. The molecule has 0 unspecified atom stereocenters. The molecule has 3 heterocycles. The second-order valence-electron chi connectivity index (χ2n) is 6.92. The van der Waals surface area contributed by atoms with Crippen molar-refractivity contribution in [2.75, 3.05) is 44.2 Å². The Kier molecular flexibility index (Phi) is 4.30. The molecule has 3 aliphatic rings. The van der Waals surface area contributed by atoms with Gasteiger partial charge in [0.25, 0.3) is 5.91 Å². The van der Waals surface area contributed by atoms with Crippen LogP contribution in [0.5, 0.6) is 0 Å². The average molecular weight is 357 g/mol. The molecule has 3 aliphatic heterocycles. The van der Waals surface area contributed by atoms with Crippen molar-refractivity contribution >= 4 is 23.6 Å². The molecular weight excluding hydrogens is 334 g/mol. The zero-order valence-electron chi connectivity index (χ0n) is 15.0. The monoisotopic (exact) mass is 357 g/mol. The predicted octanol–water partition coefficient (Wildman–Crippen LogP) is 1.44. The van der Waals surface area contributed by atoms with E-state index in [2.05, 4.69) is 0 Å². The van der Waals surface area contributed by atoms with Gasteiger partial charge in [-0.05, 0) is 43.0 Å². The number of aryl methyl sites for hydroxylation is 1. The summed E-state index contributed by atoms with van der Waals surface area (Å²) in [6.07, 6.45) is 1.72. The number of amides is 3. The number of carbonyl (C=O) groups is 3. The zero-order valence-corrected chi connectivity index (χ0v) is 15.0. The fourth-order valence-corrected chi connectivity index (χ4v) is 4.07. The van der Waals surface area contributed by atoms with E-state index in [-0.39, 0.29) is 17.9 Å². The van der Waals surface area contributed by atoms with Crippen molar-refractivity contribution in [2.24, 2.45) is 0 Å². The first-order valence-corrected chi connectivity index (χ1v) is 9.25. The number of benzene rings is 1. The van der Waals surface area contributed by atoms with Crippen LogP contribution in [0.15, 0.2) is 12.1 Å². The molecular formula is C19H23N3O4. The van der Waals surface area contributed by atoms with Gasteiger partial charge in [-0.2, -0.15) is 0 Å². The Morgan fingerprint density at radius 2 is 1.62 bits per heavy atom. The van der Waals surface area contributed by atoms with Crippen LogP contribution >= 0.6 is 0 Å². The molecule has 7 heteroatoms. The maximum atomic E-state index is 12.9. The van der Waals surface area contributed by atoms with Gasteiger partial charge in [0.15, 0.2) is 0 Å². The third kappa shape index (κ3) is 2.81. The second-order valence-corrected chi connectivity index (χ2v) is 6.92. The van der Waals surface area contributed by atoms with Crippen molar-refractivity contribution in [3.63, 3.8) is 0 Å². The molecule has 26 heavy (non-hydrogen) atoms. The molecule has 1 aromatic carbocycles. The number of hydrogen-bond donors (Lipinski definition) is 0. The van der Waals surface area contributed by atoms with Gasteiger partial charge in [-0.15, -0.1) is 0 Å². The lowest BCUT2D eigenvalue weighted by atomic mass is 9.96. The van der Waals surface area contributed by atoms with Crippen LogP contribution in [0.3, 0.4) is 0 Å². The second kappa shape index (κ2) is 6.63. The molecule has 0 aromatic heterocycles. The molecule has 4 rings (SSSR count). The van der Waals surface area contributed by atoms with Gasteiger partial charge in [-0.1, -0.05) is 0 Å². The van der Waals surface area contributed by atoms with Crippen molar-refractivity contribution in [3.05, 3.63) is 28.8 Å². The normalized spacial score (nSPS) is 18.8. The van der Waals surface area contributed by atoms with Crippen molar-refractivity contribution < 1.29 is 19.1 Å². The summed E-state index contributed by atoms with van der Waals surface area (Å²) in [7, 11) is 0. The Morgan fingerprint density at radius 3 is 2.31 bits per heavy atom. The molecule has 7 nitrogen and oxygen atoms in total. The molecule has 0 radical (unpaired) electrons. The highest BCUT2D eigenvalue weighted by molar-refractivity contribution is 6.01. The summed E-state index contributed by atoms with van der Waals surface area (Å²) >= 11 is 0. The lowest BCUT2D eigenvalue weighted by Crippen LogP contribution is -2.50. The van der Waals surface area contributed by atoms with E-state index in [1.54, 1.807) is 16.7 Å². The van der Waals surface area contributed by atoms with Gasteiger partial charge in [0.1, 0.15) is 0 Å². The van der Waals surface area contributed by atoms with Crippen molar-refractivity contribution in [1.82, 2.24) is 9.80 Å². The molecule has 0 saturated carbocycles. The third-order valence-corrected chi connectivity index (χ3v) is 5.39. The summed E-state index contributed by atoms with van der Waals surface area (Å²) in [6, 6.07) is 3.89. The van der Waals surface area contributed by atoms with Crippen LogP contribution in [-0.2, 0) is 22.4 Å². The number of nitrogens with zero attached hydrogens (tertiary/aromatic N) is 3. The van der Waals surface area contributed by atoms with Crippen molar-refractivity contribution in [1.29, 1.82) is 0 Å². The van der Waals surface area contributed by atoms with E-state index in [0.717, 1.165) is 29.8 Å². The lowest BCUT2D eigenvalue weighted by Gasteiger charge is -2.34. The van der Waals surface area contributed by atoms with Gasteiger partial charge in [-0.3, -0.25) is 9.59 Å². The van der Waals surface area contributed by atoms with E-state index < -0.39 is 0 Å². The Balaban J connectivity index is 1.49. The van der Waals surface area contributed by atoms with E-state index in [1.165, 1.54) is 0 Å². The lowest BCUT2D eigenvalue weighted by molar-refractivity contribution is -0.118. The fourth-order valence-electron chi connectivity index (χ4n) is 4.07. The molecule has 0 atom stereocenters. The molecule has 1 fully saturated rings. The Bertz CT molecular complexity index is 768. The van der Waals surface area contributed by atoms with Crippen LogP contribution in [0.2, 0.25) is 0 Å².